The number of ether oxygens (including phenoxy) is 1. The van der Waals surface area contributed by atoms with Crippen molar-refractivity contribution in [2.75, 3.05) is 6.61 Å². The quantitative estimate of drug-likeness (QED) is 0.812. The van der Waals surface area contributed by atoms with E-state index in [-0.39, 0.29) is 0 Å². The minimum Gasteiger partial charge on any atom is -0.377 e. The Morgan fingerprint density at radius 2 is 1.89 bits per heavy atom. The fraction of sp³-hybridized carbons (Fsp3) is 1.00. The van der Waals surface area contributed by atoms with Gasteiger partial charge < -0.3 is 10.1 Å². The van der Waals surface area contributed by atoms with Crippen molar-refractivity contribution in [3.05, 3.63) is 0 Å². The first-order valence-electron chi connectivity index (χ1n) is 7.78. The van der Waals surface area contributed by atoms with Crippen LogP contribution in [-0.4, -0.2) is 24.8 Å². The first-order chi connectivity index (χ1) is 8.40. The highest BCUT2D eigenvalue weighted by Gasteiger charge is 2.59. The number of hydrogen-bond acceptors (Lipinski definition) is 2. The maximum Gasteiger partial charge on any atom is 0.0685 e. The van der Waals surface area contributed by atoms with Crippen molar-refractivity contribution in [2.45, 2.75) is 78.0 Å². The Labute approximate surface area is 112 Å². The summed E-state index contributed by atoms with van der Waals surface area (Å²) < 4.78 is 5.89. The summed E-state index contributed by atoms with van der Waals surface area (Å²) in [5.74, 6) is 0.782. The molecule has 0 aromatic rings. The third kappa shape index (κ3) is 2.02. The molecule has 0 aromatic carbocycles. The van der Waals surface area contributed by atoms with Gasteiger partial charge >= 0.3 is 0 Å². The molecule has 0 radical (unpaired) electrons. The van der Waals surface area contributed by atoms with Crippen molar-refractivity contribution in [2.24, 2.45) is 16.7 Å². The second kappa shape index (κ2) is 4.21. The van der Waals surface area contributed by atoms with Gasteiger partial charge in [0, 0.05) is 30.0 Å². The third-order valence-corrected chi connectivity index (χ3v) is 5.72. The van der Waals surface area contributed by atoms with Gasteiger partial charge in [0.25, 0.3) is 0 Å². The number of fused-ring (bicyclic) bond motifs is 1. The summed E-state index contributed by atoms with van der Waals surface area (Å²) in [7, 11) is 0. The van der Waals surface area contributed by atoms with Gasteiger partial charge in [0.1, 0.15) is 0 Å². The molecule has 4 unspecified atom stereocenters. The molecule has 0 spiro atoms. The molecule has 1 aliphatic heterocycles. The Hall–Kier alpha value is -0.0800. The Kier molecular flexibility index (Phi) is 3.02. The van der Waals surface area contributed by atoms with Crippen molar-refractivity contribution in [1.29, 1.82) is 0 Å². The first-order valence-corrected chi connectivity index (χ1v) is 7.78. The van der Waals surface area contributed by atoms with Gasteiger partial charge in [0.2, 0.25) is 0 Å². The van der Waals surface area contributed by atoms with Crippen LogP contribution < -0.4 is 5.32 Å². The second-order valence-corrected chi connectivity index (χ2v) is 8.17. The number of hydrogen-bond donors (Lipinski definition) is 1. The highest BCUT2D eigenvalue weighted by molar-refractivity contribution is 5.12. The van der Waals surface area contributed by atoms with Crippen molar-refractivity contribution in [3.8, 4) is 0 Å². The van der Waals surface area contributed by atoms with Gasteiger partial charge in [-0.1, -0.05) is 34.1 Å². The predicted octanol–water partition coefficient (Wildman–Crippen LogP) is 3.36. The normalized spacial score (nSPS) is 45.3. The lowest BCUT2D eigenvalue weighted by molar-refractivity contribution is -0.117. The lowest BCUT2D eigenvalue weighted by atomic mass is 9.57. The maximum absolute atomic E-state index is 5.89. The molecule has 4 atom stereocenters. The highest BCUT2D eigenvalue weighted by atomic mass is 16.5. The van der Waals surface area contributed by atoms with Crippen LogP contribution in [0.5, 0.6) is 0 Å². The predicted molar refractivity (Wildman–Crippen MR) is 74.6 cm³/mol. The van der Waals surface area contributed by atoms with E-state index in [1.54, 1.807) is 0 Å². The van der Waals surface area contributed by atoms with Crippen LogP contribution in [0.1, 0.15) is 59.8 Å². The number of rotatable bonds is 2. The third-order valence-electron chi connectivity index (χ3n) is 5.72. The van der Waals surface area contributed by atoms with E-state index in [0.29, 0.717) is 23.0 Å². The average molecular weight is 251 g/mol. The molecule has 2 saturated carbocycles. The zero-order valence-electron chi connectivity index (χ0n) is 12.5. The molecule has 2 aliphatic carbocycles. The van der Waals surface area contributed by atoms with E-state index in [4.69, 9.17) is 4.74 Å². The Bertz CT molecular complexity index is 323. The van der Waals surface area contributed by atoms with Gasteiger partial charge in [-0.2, -0.15) is 0 Å². The molecule has 2 heteroatoms. The van der Waals surface area contributed by atoms with Crippen LogP contribution in [0.25, 0.3) is 0 Å². The van der Waals surface area contributed by atoms with Gasteiger partial charge in [0.05, 0.1) is 6.10 Å². The molecule has 1 N–H and O–H groups in total. The van der Waals surface area contributed by atoms with E-state index in [9.17, 15) is 0 Å². The minimum atomic E-state index is 0.336. The van der Waals surface area contributed by atoms with Crippen molar-refractivity contribution >= 4 is 0 Å². The van der Waals surface area contributed by atoms with Crippen LogP contribution in [0.3, 0.4) is 0 Å². The maximum atomic E-state index is 5.89. The van der Waals surface area contributed by atoms with Crippen LogP contribution in [0.15, 0.2) is 0 Å². The average Bonchev–Trinajstić information content (AvgIpc) is 2.71. The summed E-state index contributed by atoms with van der Waals surface area (Å²) >= 11 is 0. The molecule has 3 rings (SSSR count). The summed E-state index contributed by atoms with van der Waals surface area (Å²) in [4.78, 5) is 0. The molecule has 104 valence electrons. The van der Waals surface area contributed by atoms with Gasteiger partial charge in [-0.3, -0.25) is 0 Å². The molecular weight excluding hydrogens is 222 g/mol. The zero-order chi connectivity index (χ0) is 13.0. The van der Waals surface area contributed by atoms with E-state index >= 15 is 0 Å². The van der Waals surface area contributed by atoms with E-state index in [2.05, 4.69) is 33.0 Å². The van der Waals surface area contributed by atoms with Crippen molar-refractivity contribution in [3.63, 3.8) is 0 Å². The topological polar surface area (TPSA) is 21.3 Å². The van der Waals surface area contributed by atoms with Gasteiger partial charge in [-0.05, 0) is 31.1 Å². The lowest BCUT2D eigenvalue weighted by Crippen LogP contribution is -2.67. The molecule has 2 nitrogen and oxygen atoms in total. The number of nitrogens with one attached hydrogen (secondary N) is 1. The smallest absolute Gasteiger partial charge is 0.0685 e. The van der Waals surface area contributed by atoms with Crippen LogP contribution >= 0.6 is 0 Å². The zero-order valence-corrected chi connectivity index (χ0v) is 12.5. The largest absolute Gasteiger partial charge is 0.377 e. The van der Waals surface area contributed by atoms with Gasteiger partial charge in [-0.15, -0.1) is 0 Å². The second-order valence-electron chi connectivity index (χ2n) is 8.17. The fourth-order valence-corrected chi connectivity index (χ4v) is 4.76. The molecule has 0 amide bonds. The van der Waals surface area contributed by atoms with E-state index < -0.39 is 0 Å². The van der Waals surface area contributed by atoms with Crippen LogP contribution in [0.2, 0.25) is 0 Å². The molecule has 3 aliphatic rings. The van der Waals surface area contributed by atoms with E-state index in [0.717, 1.165) is 18.6 Å². The van der Waals surface area contributed by atoms with Gasteiger partial charge in [0.15, 0.2) is 0 Å². The Morgan fingerprint density at radius 3 is 2.61 bits per heavy atom. The summed E-state index contributed by atoms with van der Waals surface area (Å²) in [5.41, 5.74) is 0.873. The Balaban J connectivity index is 1.63. The summed E-state index contributed by atoms with van der Waals surface area (Å²) in [6.07, 6.45) is 7.29. The SMILES string of the molecule is CC1(C)CCCC(NC2C3CCOC3C2(C)C)C1. The fourth-order valence-electron chi connectivity index (χ4n) is 4.76. The molecule has 3 fully saturated rings. The van der Waals surface area contributed by atoms with Crippen molar-refractivity contribution in [1.82, 2.24) is 5.32 Å². The van der Waals surface area contributed by atoms with E-state index in [1.807, 2.05) is 0 Å². The van der Waals surface area contributed by atoms with Crippen LogP contribution in [0.4, 0.5) is 0 Å². The molecule has 18 heavy (non-hydrogen) atoms. The standard InChI is InChI=1S/C16H29NO/c1-15(2)8-5-6-11(10-15)17-13-12-7-9-18-14(12)16(13,3)4/h11-14,17H,5-10H2,1-4H3. The Morgan fingerprint density at radius 1 is 1.11 bits per heavy atom. The molecule has 1 heterocycles. The molecule has 1 saturated heterocycles. The van der Waals surface area contributed by atoms with Crippen LogP contribution in [0, 0.1) is 16.7 Å². The summed E-state index contributed by atoms with van der Waals surface area (Å²) in [6.45, 7) is 10.6. The minimum absolute atomic E-state index is 0.336. The van der Waals surface area contributed by atoms with Crippen molar-refractivity contribution < 1.29 is 4.74 Å². The van der Waals surface area contributed by atoms with Gasteiger partial charge in [-0.25, -0.2) is 0 Å². The molecule has 0 bridgehead atoms. The van der Waals surface area contributed by atoms with Crippen LogP contribution in [-0.2, 0) is 4.74 Å². The molecular formula is C16H29NO. The summed E-state index contributed by atoms with van der Waals surface area (Å²) in [5, 5.41) is 3.99. The molecule has 0 aromatic heterocycles. The first kappa shape index (κ1) is 12.9. The lowest BCUT2D eigenvalue weighted by Gasteiger charge is -2.56. The highest BCUT2D eigenvalue weighted by Crippen LogP contribution is 2.52. The monoisotopic (exact) mass is 251 g/mol. The van der Waals surface area contributed by atoms with E-state index in [1.165, 1.54) is 32.1 Å². The summed E-state index contributed by atoms with van der Waals surface area (Å²) in [6, 6.07) is 1.42.